The van der Waals surface area contributed by atoms with Crippen molar-refractivity contribution in [2.75, 3.05) is 17.2 Å². The SMILES string of the molecule is CCOc1ccc(NC(=O)c2cncc(NCc3ccccn3)c2)cc1. The van der Waals surface area contributed by atoms with Crippen molar-refractivity contribution in [2.24, 2.45) is 0 Å². The number of hydrogen-bond acceptors (Lipinski definition) is 5. The lowest BCUT2D eigenvalue weighted by Gasteiger charge is -2.09. The average Bonchev–Trinajstić information content (AvgIpc) is 2.69. The smallest absolute Gasteiger partial charge is 0.257 e. The Labute approximate surface area is 152 Å². The van der Waals surface area contributed by atoms with E-state index in [9.17, 15) is 4.79 Å². The highest BCUT2D eigenvalue weighted by Gasteiger charge is 2.08. The maximum atomic E-state index is 12.4. The predicted molar refractivity (Wildman–Crippen MR) is 101 cm³/mol. The molecule has 6 heteroatoms. The summed E-state index contributed by atoms with van der Waals surface area (Å²) >= 11 is 0. The Kier molecular flexibility index (Phi) is 5.77. The van der Waals surface area contributed by atoms with Crippen molar-refractivity contribution in [3.05, 3.63) is 78.4 Å². The van der Waals surface area contributed by atoms with Gasteiger partial charge >= 0.3 is 0 Å². The van der Waals surface area contributed by atoms with E-state index in [0.717, 1.165) is 17.1 Å². The van der Waals surface area contributed by atoms with Gasteiger partial charge < -0.3 is 15.4 Å². The molecule has 0 aliphatic heterocycles. The summed E-state index contributed by atoms with van der Waals surface area (Å²) in [6, 6.07) is 14.8. The first-order chi connectivity index (χ1) is 12.7. The van der Waals surface area contributed by atoms with Gasteiger partial charge in [-0.1, -0.05) is 6.07 Å². The van der Waals surface area contributed by atoms with Crippen molar-refractivity contribution in [1.29, 1.82) is 0 Å². The number of carbonyl (C=O) groups is 1. The zero-order valence-electron chi connectivity index (χ0n) is 14.5. The zero-order valence-corrected chi connectivity index (χ0v) is 14.5. The lowest BCUT2D eigenvalue weighted by Crippen LogP contribution is -2.13. The maximum absolute atomic E-state index is 12.4. The van der Waals surface area contributed by atoms with Gasteiger partial charge in [-0.15, -0.1) is 0 Å². The predicted octanol–water partition coefficient (Wildman–Crippen LogP) is 3.74. The molecule has 0 bridgehead atoms. The summed E-state index contributed by atoms with van der Waals surface area (Å²) in [5.41, 5.74) is 2.85. The Morgan fingerprint density at radius 1 is 1.08 bits per heavy atom. The molecule has 132 valence electrons. The minimum absolute atomic E-state index is 0.219. The third-order valence-corrected chi connectivity index (χ3v) is 3.62. The molecule has 0 unspecified atom stereocenters. The molecule has 0 aliphatic carbocycles. The topological polar surface area (TPSA) is 76.1 Å². The summed E-state index contributed by atoms with van der Waals surface area (Å²) in [7, 11) is 0. The van der Waals surface area contributed by atoms with Crippen LogP contribution in [-0.4, -0.2) is 22.5 Å². The molecule has 1 amide bonds. The van der Waals surface area contributed by atoms with E-state index in [1.807, 2.05) is 37.3 Å². The van der Waals surface area contributed by atoms with Crippen molar-refractivity contribution in [3.8, 4) is 5.75 Å². The number of nitrogens with zero attached hydrogens (tertiary/aromatic N) is 2. The number of benzene rings is 1. The summed E-state index contributed by atoms with van der Waals surface area (Å²) in [6.45, 7) is 3.10. The van der Waals surface area contributed by atoms with Crippen LogP contribution in [0.15, 0.2) is 67.1 Å². The molecule has 3 aromatic rings. The summed E-state index contributed by atoms with van der Waals surface area (Å²) in [5.74, 6) is 0.552. The van der Waals surface area contributed by atoms with Crippen LogP contribution in [0.25, 0.3) is 0 Å². The van der Waals surface area contributed by atoms with Crippen LogP contribution in [0.2, 0.25) is 0 Å². The number of aromatic nitrogens is 2. The standard InChI is InChI=1S/C20H20N4O2/c1-2-26-19-8-6-16(7-9-19)24-20(25)15-11-18(13-21-12-15)23-14-17-5-3-4-10-22-17/h3-13,23H,2,14H2,1H3,(H,24,25). The van der Waals surface area contributed by atoms with Gasteiger partial charge in [0.25, 0.3) is 5.91 Å². The van der Waals surface area contributed by atoms with Crippen LogP contribution in [-0.2, 0) is 6.54 Å². The quantitative estimate of drug-likeness (QED) is 0.680. The first-order valence-electron chi connectivity index (χ1n) is 8.37. The number of nitrogens with one attached hydrogen (secondary N) is 2. The van der Waals surface area contributed by atoms with Gasteiger partial charge in [-0.2, -0.15) is 0 Å². The van der Waals surface area contributed by atoms with E-state index < -0.39 is 0 Å². The first kappa shape index (κ1) is 17.4. The molecule has 2 heterocycles. The van der Waals surface area contributed by atoms with Gasteiger partial charge in [-0.05, 0) is 49.4 Å². The molecule has 0 spiro atoms. The third kappa shape index (κ3) is 4.80. The molecule has 3 rings (SSSR count). The van der Waals surface area contributed by atoms with Gasteiger partial charge in [0.2, 0.25) is 0 Å². The van der Waals surface area contributed by atoms with Gasteiger partial charge in [-0.25, -0.2) is 0 Å². The molecule has 2 aromatic heterocycles. The molecule has 0 saturated carbocycles. The highest BCUT2D eigenvalue weighted by molar-refractivity contribution is 6.04. The van der Waals surface area contributed by atoms with Crippen LogP contribution in [0, 0.1) is 0 Å². The molecule has 0 radical (unpaired) electrons. The highest BCUT2D eigenvalue weighted by Crippen LogP contribution is 2.17. The third-order valence-electron chi connectivity index (χ3n) is 3.62. The summed E-state index contributed by atoms with van der Waals surface area (Å²) in [5, 5.41) is 6.07. The lowest BCUT2D eigenvalue weighted by molar-refractivity contribution is 0.102. The Balaban J connectivity index is 1.62. The molecule has 26 heavy (non-hydrogen) atoms. The summed E-state index contributed by atoms with van der Waals surface area (Å²) < 4.78 is 5.39. The highest BCUT2D eigenvalue weighted by atomic mass is 16.5. The number of ether oxygens (including phenoxy) is 1. The van der Waals surface area contributed by atoms with Crippen molar-refractivity contribution < 1.29 is 9.53 Å². The number of amides is 1. The molecule has 2 N–H and O–H groups in total. The molecule has 0 aliphatic rings. The second-order valence-electron chi connectivity index (χ2n) is 5.55. The molecule has 0 fully saturated rings. The summed E-state index contributed by atoms with van der Waals surface area (Å²) in [4.78, 5) is 20.8. The summed E-state index contributed by atoms with van der Waals surface area (Å²) in [6.07, 6.45) is 4.96. The van der Waals surface area contributed by atoms with E-state index in [4.69, 9.17) is 4.74 Å². The van der Waals surface area contributed by atoms with E-state index in [1.54, 1.807) is 30.6 Å². The van der Waals surface area contributed by atoms with Crippen LogP contribution < -0.4 is 15.4 Å². The second kappa shape index (κ2) is 8.62. The molecule has 0 atom stereocenters. The van der Waals surface area contributed by atoms with Gasteiger partial charge in [0.05, 0.1) is 30.1 Å². The number of anilines is 2. The number of rotatable bonds is 7. The van der Waals surface area contributed by atoms with E-state index >= 15 is 0 Å². The zero-order chi connectivity index (χ0) is 18.2. The van der Waals surface area contributed by atoms with E-state index in [-0.39, 0.29) is 5.91 Å². The van der Waals surface area contributed by atoms with E-state index in [0.29, 0.717) is 24.4 Å². The molecule has 1 aromatic carbocycles. The van der Waals surface area contributed by atoms with Crippen LogP contribution >= 0.6 is 0 Å². The Hall–Kier alpha value is -3.41. The molecule has 6 nitrogen and oxygen atoms in total. The fraction of sp³-hybridized carbons (Fsp3) is 0.150. The Morgan fingerprint density at radius 3 is 2.65 bits per heavy atom. The largest absolute Gasteiger partial charge is 0.494 e. The lowest BCUT2D eigenvalue weighted by atomic mass is 10.2. The maximum Gasteiger partial charge on any atom is 0.257 e. The van der Waals surface area contributed by atoms with Crippen LogP contribution in [0.3, 0.4) is 0 Å². The minimum Gasteiger partial charge on any atom is -0.494 e. The van der Waals surface area contributed by atoms with Crippen molar-refractivity contribution in [2.45, 2.75) is 13.5 Å². The fourth-order valence-electron chi connectivity index (χ4n) is 2.36. The Bertz CT molecular complexity index is 851. The molecule has 0 saturated heterocycles. The van der Waals surface area contributed by atoms with Gasteiger partial charge in [0.15, 0.2) is 0 Å². The van der Waals surface area contributed by atoms with E-state index in [2.05, 4.69) is 20.6 Å². The van der Waals surface area contributed by atoms with Crippen molar-refractivity contribution in [1.82, 2.24) is 9.97 Å². The van der Waals surface area contributed by atoms with Crippen molar-refractivity contribution >= 4 is 17.3 Å². The van der Waals surface area contributed by atoms with E-state index in [1.165, 1.54) is 6.20 Å². The van der Waals surface area contributed by atoms with Gasteiger partial charge in [0, 0.05) is 24.3 Å². The molecular formula is C20H20N4O2. The van der Waals surface area contributed by atoms with Gasteiger partial charge in [-0.3, -0.25) is 14.8 Å². The normalized spacial score (nSPS) is 10.2. The average molecular weight is 348 g/mol. The van der Waals surface area contributed by atoms with Crippen LogP contribution in [0.1, 0.15) is 23.0 Å². The Morgan fingerprint density at radius 2 is 1.92 bits per heavy atom. The number of pyridine rings is 2. The van der Waals surface area contributed by atoms with Crippen LogP contribution in [0.4, 0.5) is 11.4 Å². The monoisotopic (exact) mass is 348 g/mol. The minimum atomic E-state index is -0.219. The van der Waals surface area contributed by atoms with Gasteiger partial charge in [0.1, 0.15) is 5.75 Å². The van der Waals surface area contributed by atoms with Crippen molar-refractivity contribution in [3.63, 3.8) is 0 Å². The number of hydrogen-bond donors (Lipinski definition) is 2. The fourth-order valence-corrected chi connectivity index (χ4v) is 2.36. The second-order valence-corrected chi connectivity index (χ2v) is 5.55. The molecular weight excluding hydrogens is 328 g/mol. The number of carbonyl (C=O) groups excluding carboxylic acids is 1. The van der Waals surface area contributed by atoms with Crippen LogP contribution in [0.5, 0.6) is 5.75 Å². The first-order valence-corrected chi connectivity index (χ1v) is 8.37.